The first kappa shape index (κ1) is 14.9. The summed E-state index contributed by atoms with van der Waals surface area (Å²) < 4.78 is 43.5. The molecule has 0 spiro atoms. The number of hydrogen-bond acceptors (Lipinski definition) is 4. The molecule has 0 amide bonds. The molecule has 0 aliphatic carbocycles. The van der Waals surface area contributed by atoms with Gasteiger partial charge in [0, 0.05) is 5.69 Å². The lowest BCUT2D eigenvalue weighted by Gasteiger charge is -2.10. The Morgan fingerprint density at radius 1 is 1.29 bits per heavy atom. The second-order valence-electron chi connectivity index (χ2n) is 4.26. The molecule has 2 N–H and O–H groups in total. The van der Waals surface area contributed by atoms with Crippen molar-refractivity contribution in [2.24, 2.45) is 0 Å². The quantitative estimate of drug-likeness (QED) is 0.865. The van der Waals surface area contributed by atoms with Crippen molar-refractivity contribution in [2.45, 2.75) is 13.1 Å². The standard InChI is InChI=1S/C13H12F3N3O2/c1-7-18-10(12(20)21-2)11(17)19(7)9-5-3-8(4-6-9)13(14,15)16/h3-6H,17H2,1-2H3. The zero-order chi connectivity index (χ0) is 15.8. The molecular formula is C13H12F3N3O2. The van der Waals surface area contributed by atoms with E-state index in [1.165, 1.54) is 23.8 Å². The van der Waals surface area contributed by atoms with Crippen molar-refractivity contribution >= 4 is 11.8 Å². The van der Waals surface area contributed by atoms with Crippen LogP contribution in [0.5, 0.6) is 0 Å². The molecule has 0 aliphatic rings. The minimum Gasteiger partial charge on any atom is -0.464 e. The number of halogens is 3. The third-order valence-electron chi connectivity index (χ3n) is 2.91. The van der Waals surface area contributed by atoms with Crippen LogP contribution in [0.1, 0.15) is 21.9 Å². The first-order valence-electron chi connectivity index (χ1n) is 5.86. The number of imidazole rings is 1. The van der Waals surface area contributed by atoms with Gasteiger partial charge in [-0.1, -0.05) is 0 Å². The van der Waals surface area contributed by atoms with Gasteiger partial charge in [0.15, 0.2) is 5.69 Å². The molecule has 5 nitrogen and oxygen atoms in total. The summed E-state index contributed by atoms with van der Waals surface area (Å²) in [6.07, 6.45) is -4.41. The highest BCUT2D eigenvalue weighted by Crippen LogP contribution is 2.30. The SMILES string of the molecule is COC(=O)c1nc(C)n(-c2ccc(C(F)(F)F)cc2)c1N. The second-order valence-corrected chi connectivity index (χ2v) is 4.26. The first-order chi connectivity index (χ1) is 9.75. The number of carbonyl (C=O) groups is 1. The number of alkyl halides is 3. The van der Waals surface area contributed by atoms with Gasteiger partial charge in [0.1, 0.15) is 11.6 Å². The smallest absolute Gasteiger partial charge is 0.416 e. The third kappa shape index (κ3) is 2.69. The number of rotatable bonds is 2. The zero-order valence-corrected chi connectivity index (χ0v) is 11.2. The van der Waals surface area contributed by atoms with Crippen molar-refractivity contribution in [1.82, 2.24) is 9.55 Å². The maximum Gasteiger partial charge on any atom is 0.416 e. The van der Waals surface area contributed by atoms with Gasteiger partial charge in [-0.2, -0.15) is 13.2 Å². The van der Waals surface area contributed by atoms with Crippen LogP contribution in [-0.4, -0.2) is 22.6 Å². The van der Waals surface area contributed by atoms with E-state index in [1.54, 1.807) is 6.92 Å². The van der Waals surface area contributed by atoms with Gasteiger partial charge in [-0.05, 0) is 31.2 Å². The summed E-state index contributed by atoms with van der Waals surface area (Å²) in [5.74, 6) is -0.326. The number of aryl methyl sites for hydroxylation is 1. The van der Waals surface area contributed by atoms with Crippen LogP contribution in [0.15, 0.2) is 24.3 Å². The lowest BCUT2D eigenvalue weighted by Crippen LogP contribution is -2.08. The minimum atomic E-state index is -4.41. The van der Waals surface area contributed by atoms with Crippen molar-refractivity contribution in [1.29, 1.82) is 0 Å². The van der Waals surface area contributed by atoms with Crippen molar-refractivity contribution in [3.63, 3.8) is 0 Å². The number of carbonyl (C=O) groups excluding carboxylic acids is 1. The normalized spacial score (nSPS) is 11.5. The van der Waals surface area contributed by atoms with Crippen LogP contribution in [0.2, 0.25) is 0 Å². The highest BCUT2D eigenvalue weighted by Gasteiger charge is 2.30. The second kappa shape index (κ2) is 5.12. The Balaban J connectivity index is 2.48. The molecule has 21 heavy (non-hydrogen) atoms. The Labute approximate surface area is 118 Å². The summed E-state index contributed by atoms with van der Waals surface area (Å²) in [5, 5.41) is 0. The molecule has 0 saturated carbocycles. The van der Waals surface area contributed by atoms with E-state index in [-0.39, 0.29) is 11.5 Å². The van der Waals surface area contributed by atoms with E-state index in [9.17, 15) is 18.0 Å². The van der Waals surface area contributed by atoms with E-state index in [0.29, 0.717) is 11.5 Å². The fourth-order valence-corrected chi connectivity index (χ4v) is 1.92. The molecule has 0 radical (unpaired) electrons. The van der Waals surface area contributed by atoms with Gasteiger partial charge in [-0.3, -0.25) is 4.57 Å². The number of aromatic nitrogens is 2. The van der Waals surface area contributed by atoms with Gasteiger partial charge in [0.2, 0.25) is 0 Å². The van der Waals surface area contributed by atoms with Gasteiger partial charge in [-0.15, -0.1) is 0 Å². The molecule has 1 aromatic heterocycles. The summed E-state index contributed by atoms with van der Waals surface area (Å²) >= 11 is 0. The largest absolute Gasteiger partial charge is 0.464 e. The highest BCUT2D eigenvalue weighted by atomic mass is 19.4. The molecule has 1 heterocycles. The molecule has 0 fully saturated rings. The van der Waals surface area contributed by atoms with Crippen LogP contribution in [0.25, 0.3) is 5.69 Å². The van der Waals surface area contributed by atoms with E-state index in [2.05, 4.69) is 9.72 Å². The third-order valence-corrected chi connectivity index (χ3v) is 2.91. The van der Waals surface area contributed by atoms with Crippen molar-refractivity contribution in [3.8, 4) is 5.69 Å². The van der Waals surface area contributed by atoms with Gasteiger partial charge < -0.3 is 10.5 Å². The van der Waals surface area contributed by atoms with Crippen LogP contribution in [-0.2, 0) is 10.9 Å². The molecule has 1 aromatic carbocycles. The monoisotopic (exact) mass is 299 g/mol. The average Bonchev–Trinajstić information content (AvgIpc) is 2.72. The summed E-state index contributed by atoms with van der Waals surface area (Å²) in [5.41, 5.74) is 5.35. The fraction of sp³-hybridized carbons (Fsp3) is 0.231. The molecule has 0 unspecified atom stereocenters. The molecule has 0 atom stereocenters. The minimum absolute atomic E-state index is 0.0131. The Hall–Kier alpha value is -2.51. The van der Waals surface area contributed by atoms with E-state index >= 15 is 0 Å². The highest BCUT2D eigenvalue weighted by molar-refractivity contribution is 5.92. The molecule has 0 aliphatic heterocycles. The Morgan fingerprint density at radius 2 is 1.86 bits per heavy atom. The number of benzene rings is 1. The topological polar surface area (TPSA) is 70.1 Å². The van der Waals surface area contributed by atoms with Crippen LogP contribution in [0.4, 0.5) is 19.0 Å². The number of hydrogen-bond donors (Lipinski definition) is 1. The number of methoxy groups -OCH3 is 1. The van der Waals surface area contributed by atoms with Crippen molar-refractivity contribution < 1.29 is 22.7 Å². The van der Waals surface area contributed by atoms with Gasteiger partial charge in [0.05, 0.1) is 12.7 Å². The molecule has 8 heteroatoms. The number of anilines is 1. The van der Waals surface area contributed by atoms with Gasteiger partial charge in [-0.25, -0.2) is 9.78 Å². The average molecular weight is 299 g/mol. The van der Waals surface area contributed by atoms with Crippen LogP contribution >= 0.6 is 0 Å². The number of nitrogen functional groups attached to an aromatic ring is 1. The van der Waals surface area contributed by atoms with Crippen LogP contribution in [0, 0.1) is 6.92 Å². The zero-order valence-electron chi connectivity index (χ0n) is 11.2. The fourth-order valence-electron chi connectivity index (χ4n) is 1.92. The molecule has 112 valence electrons. The van der Waals surface area contributed by atoms with Crippen LogP contribution in [0.3, 0.4) is 0 Å². The number of nitrogens with two attached hydrogens (primary N) is 1. The molecule has 0 saturated heterocycles. The lowest BCUT2D eigenvalue weighted by atomic mass is 10.2. The molecule has 0 bridgehead atoms. The van der Waals surface area contributed by atoms with Gasteiger partial charge in [0.25, 0.3) is 0 Å². The first-order valence-corrected chi connectivity index (χ1v) is 5.86. The molecular weight excluding hydrogens is 287 g/mol. The molecule has 2 rings (SSSR count). The maximum atomic E-state index is 12.5. The summed E-state index contributed by atoms with van der Waals surface area (Å²) in [6, 6.07) is 4.39. The van der Waals surface area contributed by atoms with Crippen molar-refractivity contribution in [2.75, 3.05) is 12.8 Å². The van der Waals surface area contributed by atoms with E-state index < -0.39 is 17.7 Å². The Morgan fingerprint density at radius 3 is 2.33 bits per heavy atom. The van der Waals surface area contributed by atoms with Gasteiger partial charge >= 0.3 is 12.1 Å². The number of esters is 1. The van der Waals surface area contributed by atoms with E-state index in [0.717, 1.165) is 12.1 Å². The van der Waals surface area contributed by atoms with Crippen molar-refractivity contribution in [3.05, 3.63) is 41.3 Å². The van der Waals surface area contributed by atoms with Crippen LogP contribution < -0.4 is 5.73 Å². The van der Waals surface area contributed by atoms with E-state index in [4.69, 9.17) is 5.73 Å². The maximum absolute atomic E-state index is 12.5. The lowest BCUT2D eigenvalue weighted by molar-refractivity contribution is -0.137. The van der Waals surface area contributed by atoms with E-state index in [1.807, 2.05) is 0 Å². The number of nitrogens with zero attached hydrogens (tertiary/aromatic N) is 2. The summed E-state index contributed by atoms with van der Waals surface area (Å²) in [7, 11) is 1.19. The summed E-state index contributed by atoms with van der Waals surface area (Å²) in [6.45, 7) is 1.58. The Kier molecular flexibility index (Phi) is 3.63. The number of ether oxygens (including phenoxy) is 1. The molecule has 2 aromatic rings. The summed E-state index contributed by atoms with van der Waals surface area (Å²) in [4.78, 5) is 15.5. The predicted octanol–water partition coefficient (Wildman–Crippen LogP) is 2.57. The predicted molar refractivity (Wildman–Crippen MR) is 69.1 cm³/mol. The Bertz CT molecular complexity index is 675.